The van der Waals surface area contributed by atoms with Gasteiger partial charge in [-0.25, -0.2) is 9.37 Å². The first-order valence-corrected chi connectivity index (χ1v) is 12.5. The van der Waals surface area contributed by atoms with Crippen molar-refractivity contribution < 1.29 is 28.6 Å². The van der Waals surface area contributed by atoms with Crippen LogP contribution in [0.1, 0.15) is 23.7 Å². The molecule has 2 amide bonds. The molecule has 37 heavy (non-hydrogen) atoms. The average Bonchev–Trinajstić information content (AvgIpc) is 3.19. The van der Waals surface area contributed by atoms with Crippen molar-refractivity contribution in [2.24, 2.45) is 0 Å². The second-order valence-corrected chi connectivity index (χ2v) is 9.76. The number of amides is 2. The van der Waals surface area contributed by atoms with E-state index in [1.54, 1.807) is 16.9 Å². The number of fused-ring (bicyclic) bond motifs is 2. The molecule has 0 saturated carbocycles. The second kappa shape index (κ2) is 9.83. The quantitative estimate of drug-likeness (QED) is 0.607. The van der Waals surface area contributed by atoms with E-state index >= 15 is 0 Å². The molecule has 3 atom stereocenters. The zero-order valence-electron chi connectivity index (χ0n) is 20.6. The van der Waals surface area contributed by atoms with Crippen LogP contribution in [0.25, 0.3) is 11.3 Å². The Labute approximate surface area is 219 Å². The fraction of sp³-hybridized carbons (Fsp3) is 0.423. The number of methoxy groups -OCH3 is 1. The van der Waals surface area contributed by atoms with Crippen molar-refractivity contribution in [1.82, 2.24) is 14.8 Å². The summed E-state index contributed by atoms with van der Waals surface area (Å²) in [7, 11) is 1.63. The number of carbonyl (C=O) groups is 2. The highest BCUT2D eigenvalue weighted by atomic mass is 35.5. The number of halogens is 2. The number of carbonyl (C=O) groups excluding carboxylic acids is 2. The molecule has 2 fully saturated rings. The predicted molar refractivity (Wildman–Crippen MR) is 136 cm³/mol. The molecule has 1 aromatic heterocycles. The van der Waals surface area contributed by atoms with Crippen molar-refractivity contribution in [3.8, 4) is 22.8 Å². The lowest BCUT2D eigenvalue weighted by atomic mass is 10.0. The van der Waals surface area contributed by atoms with E-state index in [0.29, 0.717) is 31.9 Å². The van der Waals surface area contributed by atoms with Crippen LogP contribution in [0.2, 0.25) is 5.02 Å². The number of anilines is 1. The molecule has 9 nitrogen and oxygen atoms in total. The number of rotatable bonds is 4. The maximum atomic E-state index is 14.9. The van der Waals surface area contributed by atoms with Gasteiger partial charge in [0.15, 0.2) is 5.75 Å². The zero-order valence-corrected chi connectivity index (χ0v) is 21.4. The van der Waals surface area contributed by atoms with Gasteiger partial charge in [0.1, 0.15) is 40.3 Å². The van der Waals surface area contributed by atoms with Crippen LogP contribution >= 0.6 is 11.6 Å². The van der Waals surface area contributed by atoms with E-state index in [1.807, 2.05) is 11.8 Å². The van der Waals surface area contributed by atoms with Gasteiger partial charge in [-0.2, -0.15) is 0 Å². The molecule has 0 unspecified atom stereocenters. The molecule has 0 bridgehead atoms. The van der Waals surface area contributed by atoms with Gasteiger partial charge in [0, 0.05) is 33.3 Å². The molecule has 0 spiro atoms. The molecular weight excluding hydrogens is 503 g/mol. The van der Waals surface area contributed by atoms with Crippen molar-refractivity contribution >= 4 is 29.2 Å². The molecule has 4 heterocycles. The number of phenols is 1. The van der Waals surface area contributed by atoms with E-state index in [9.17, 15) is 19.1 Å². The van der Waals surface area contributed by atoms with Crippen molar-refractivity contribution in [2.45, 2.75) is 31.5 Å². The third-order valence-electron chi connectivity index (χ3n) is 7.43. The number of hydrogen-bond donors (Lipinski definition) is 1. The summed E-state index contributed by atoms with van der Waals surface area (Å²) in [5.41, 5.74) is -0.0122. The number of ether oxygens (including phenoxy) is 2. The van der Waals surface area contributed by atoms with E-state index < -0.39 is 11.9 Å². The van der Waals surface area contributed by atoms with Gasteiger partial charge in [0.2, 0.25) is 5.91 Å². The molecule has 0 radical (unpaired) electrons. The molecular formula is C26H28ClFN4O5. The van der Waals surface area contributed by atoms with Crippen molar-refractivity contribution in [3.05, 3.63) is 47.3 Å². The van der Waals surface area contributed by atoms with Gasteiger partial charge in [-0.1, -0.05) is 24.2 Å². The number of hydrogen-bond acceptors (Lipinski definition) is 7. The van der Waals surface area contributed by atoms with Gasteiger partial charge in [-0.3, -0.25) is 9.59 Å². The van der Waals surface area contributed by atoms with Gasteiger partial charge in [-0.15, -0.1) is 0 Å². The summed E-state index contributed by atoms with van der Waals surface area (Å²) in [6.07, 6.45) is 1.86. The Kier molecular flexibility index (Phi) is 6.72. The van der Waals surface area contributed by atoms with Gasteiger partial charge >= 0.3 is 0 Å². The highest BCUT2D eigenvalue weighted by molar-refractivity contribution is 6.35. The average molecular weight is 531 g/mol. The highest BCUT2D eigenvalue weighted by Crippen LogP contribution is 2.47. The molecule has 11 heteroatoms. The fourth-order valence-electron chi connectivity index (χ4n) is 5.42. The normalized spacial score (nSPS) is 23.3. The van der Waals surface area contributed by atoms with Crippen molar-refractivity contribution in [2.75, 3.05) is 44.8 Å². The molecule has 2 saturated heterocycles. The van der Waals surface area contributed by atoms with Gasteiger partial charge in [-0.05, 0) is 31.6 Å². The van der Waals surface area contributed by atoms with Crippen LogP contribution in [0.3, 0.4) is 0 Å². The van der Waals surface area contributed by atoms with Crippen molar-refractivity contribution in [1.29, 1.82) is 0 Å². The summed E-state index contributed by atoms with van der Waals surface area (Å²) in [6, 6.07) is 3.37. The van der Waals surface area contributed by atoms with Crippen LogP contribution in [0, 0.1) is 5.82 Å². The van der Waals surface area contributed by atoms with Crippen LogP contribution in [-0.4, -0.2) is 89.8 Å². The Morgan fingerprint density at radius 1 is 1.30 bits per heavy atom. The standard InChI is InChI=1S/C26H28ClFN4O5/c1-4-19(34)30-10-11-32-15(12-30)13-37-24-21(26(32)35)25(31-9-8-18(36-3)14(31)2)29-23(22(24)27)20-16(28)6-5-7-17(20)33/h4-7,14-15,18,33H,1,8-13H2,2-3H3/t14-,15+,18-/m0/s1. The van der Waals surface area contributed by atoms with Gasteiger partial charge < -0.3 is 29.3 Å². The Morgan fingerprint density at radius 3 is 2.76 bits per heavy atom. The number of pyridine rings is 1. The van der Waals surface area contributed by atoms with Crippen LogP contribution in [-0.2, 0) is 9.53 Å². The molecule has 1 N–H and O–H groups in total. The van der Waals surface area contributed by atoms with E-state index in [2.05, 4.69) is 6.58 Å². The SMILES string of the molecule is C=CC(=O)N1CCN2C(=O)c3c(N4CC[C@H](OC)[C@@H]4C)nc(-c4c(O)cccc4F)c(Cl)c3OC[C@H]2C1. The first-order chi connectivity index (χ1) is 17.8. The summed E-state index contributed by atoms with van der Waals surface area (Å²) >= 11 is 6.76. The van der Waals surface area contributed by atoms with Crippen LogP contribution < -0.4 is 9.64 Å². The van der Waals surface area contributed by atoms with E-state index in [-0.39, 0.29) is 70.5 Å². The summed E-state index contributed by atoms with van der Waals surface area (Å²) in [6.45, 7) is 7.06. The minimum atomic E-state index is -0.708. The maximum absolute atomic E-state index is 14.9. The summed E-state index contributed by atoms with van der Waals surface area (Å²) in [5.74, 6) is -1.22. The Hall–Kier alpha value is -3.37. The molecule has 5 rings (SSSR count). The molecule has 3 aliphatic rings. The fourth-order valence-corrected chi connectivity index (χ4v) is 5.71. The number of phenolic OH excluding ortho intramolecular Hbond substituents is 1. The predicted octanol–water partition coefficient (Wildman–Crippen LogP) is 3.09. The minimum Gasteiger partial charge on any atom is -0.507 e. The highest BCUT2D eigenvalue weighted by Gasteiger charge is 2.43. The van der Waals surface area contributed by atoms with E-state index in [0.717, 1.165) is 0 Å². The van der Waals surface area contributed by atoms with Crippen LogP contribution in [0.15, 0.2) is 30.9 Å². The largest absolute Gasteiger partial charge is 0.507 e. The van der Waals surface area contributed by atoms with Gasteiger partial charge in [0.05, 0.1) is 23.8 Å². The number of aromatic hydroxyl groups is 1. The lowest BCUT2D eigenvalue weighted by Gasteiger charge is -2.39. The molecule has 0 aliphatic carbocycles. The van der Waals surface area contributed by atoms with Crippen LogP contribution in [0.5, 0.6) is 11.5 Å². The topological polar surface area (TPSA) is 95.4 Å². The Bertz CT molecular complexity index is 1250. The third kappa shape index (κ3) is 4.18. The minimum absolute atomic E-state index is 0.0183. The number of benzene rings is 1. The Morgan fingerprint density at radius 2 is 2.08 bits per heavy atom. The third-order valence-corrected chi connectivity index (χ3v) is 7.78. The molecule has 196 valence electrons. The lowest BCUT2D eigenvalue weighted by Crippen LogP contribution is -2.57. The first kappa shape index (κ1) is 25.3. The zero-order chi connectivity index (χ0) is 26.4. The van der Waals surface area contributed by atoms with E-state index in [1.165, 1.54) is 24.3 Å². The number of piperazine rings is 1. The summed E-state index contributed by atoms with van der Waals surface area (Å²) in [4.78, 5) is 36.2. The number of aromatic nitrogens is 1. The summed E-state index contributed by atoms with van der Waals surface area (Å²) < 4.78 is 26.7. The lowest BCUT2D eigenvalue weighted by molar-refractivity contribution is -0.128. The monoisotopic (exact) mass is 530 g/mol. The maximum Gasteiger partial charge on any atom is 0.261 e. The van der Waals surface area contributed by atoms with Gasteiger partial charge in [0.25, 0.3) is 5.91 Å². The number of nitrogens with zero attached hydrogens (tertiary/aromatic N) is 4. The Balaban J connectivity index is 1.67. The molecule has 2 aromatic rings. The van der Waals surface area contributed by atoms with E-state index in [4.69, 9.17) is 26.1 Å². The smallest absolute Gasteiger partial charge is 0.261 e. The first-order valence-electron chi connectivity index (χ1n) is 12.1. The van der Waals surface area contributed by atoms with Crippen LogP contribution in [0.4, 0.5) is 10.2 Å². The van der Waals surface area contributed by atoms with Crippen molar-refractivity contribution in [3.63, 3.8) is 0 Å². The second-order valence-electron chi connectivity index (χ2n) is 9.38. The molecule has 1 aromatic carbocycles. The molecule has 3 aliphatic heterocycles. The summed E-state index contributed by atoms with van der Waals surface area (Å²) in [5, 5.41) is 10.4.